The summed E-state index contributed by atoms with van der Waals surface area (Å²) in [6.45, 7) is -0.354. The first-order valence-corrected chi connectivity index (χ1v) is 9.70. The largest absolute Gasteiger partial charge is 0.495 e. The Morgan fingerprint density at radius 2 is 1.96 bits per heavy atom. The summed E-state index contributed by atoms with van der Waals surface area (Å²) in [5, 5.41) is 4.54. The molecule has 2 aromatic rings. The van der Waals surface area contributed by atoms with Crippen LogP contribution in [0.2, 0.25) is 5.02 Å². The van der Waals surface area contributed by atoms with Gasteiger partial charge in [0, 0.05) is 13.1 Å². The number of anilines is 1. The van der Waals surface area contributed by atoms with Gasteiger partial charge in [-0.15, -0.1) is 11.3 Å². The van der Waals surface area contributed by atoms with Gasteiger partial charge in [0.25, 0.3) is 10.0 Å². The molecule has 136 valence electrons. The van der Waals surface area contributed by atoms with Crippen molar-refractivity contribution in [1.29, 1.82) is 0 Å². The lowest BCUT2D eigenvalue weighted by atomic mass is 10.2. The van der Waals surface area contributed by atoms with E-state index in [1.54, 1.807) is 11.4 Å². The minimum Gasteiger partial charge on any atom is -0.495 e. The van der Waals surface area contributed by atoms with Crippen molar-refractivity contribution in [1.82, 2.24) is 4.31 Å². The van der Waals surface area contributed by atoms with Crippen LogP contribution >= 0.6 is 22.9 Å². The molecule has 25 heavy (non-hydrogen) atoms. The van der Waals surface area contributed by atoms with E-state index in [4.69, 9.17) is 21.1 Å². The molecule has 0 aliphatic heterocycles. The Bertz CT molecular complexity index is 853. The molecule has 0 aliphatic rings. The Kier molecular flexibility index (Phi) is 6.28. The minimum absolute atomic E-state index is 0.174. The predicted octanol–water partition coefficient (Wildman–Crippen LogP) is 2.68. The Morgan fingerprint density at radius 1 is 1.28 bits per heavy atom. The molecule has 7 nitrogen and oxygen atoms in total. The van der Waals surface area contributed by atoms with Crippen LogP contribution in [0.5, 0.6) is 11.5 Å². The molecule has 0 unspecified atom stereocenters. The fourth-order valence-electron chi connectivity index (χ4n) is 2.00. The van der Waals surface area contributed by atoms with E-state index in [1.807, 2.05) is 0 Å². The Labute approximate surface area is 155 Å². The van der Waals surface area contributed by atoms with E-state index in [2.05, 4.69) is 5.32 Å². The van der Waals surface area contributed by atoms with Gasteiger partial charge in [0.05, 0.1) is 31.5 Å². The van der Waals surface area contributed by atoms with Gasteiger partial charge >= 0.3 is 0 Å². The SMILES string of the molecule is COc1cc(OC)c(NC(=O)CN(C)S(=O)(=O)c2cccs2)cc1Cl. The summed E-state index contributed by atoms with van der Waals surface area (Å²) in [6, 6.07) is 6.13. The first-order chi connectivity index (χ1) is 11.8. The van der Waals surface area contributed by atoms with Gasteiger partial charge in [0.1, 0.15) is 15.7 Å². The van der Waals surface area contributed by atoms with E-state index >= 15 is 0 Å². The maximum atomic E-state index is 12.3. The normalized spacial score (nSPS) is 11.4. The number of halogens is 1. The number of benzene rings is 1. The highest BCUT2D eigenvalue weighted by molar-refractivity contribution is 7.91. The fourth-order valence-corrected chi connectivity index (χ4v) is 4.57. The van der Waals surface area contributed by atoms with Crippen molar-refractivity contribution in [2.24, 2.45) is 0 Å². The third-order valence-electron chi connectivity index (χ3n) is 3.27. The summed E-state index contributed by atoms with van der Waals surface area (Å²) < 4.78 is 36.1. The molecule has 1 amide bonds. The van der Waals surface area contributed by atoms with Crippen LogP contribution in [0.1, 0.15) is 0 Å². The molecule has 0 radical (unpaired) electrons. The average molecular weight is 405 g/mol. The van der Waals surface area contributed by atoms with Crippen molar-refractivity contribution in [2.75, 3.05) is 33.1 Å². The number of sulfonamides is 1. The number of ether oxygens (including phenoxy) is 2. The number of thiophene rings is 1. The summed E-state index contributed by atoms with van der Waals surface area (Å²) in [7, 11) is 0.534. The number of rotatable bonds is 7. The lowest BCUT2D eigenvalue weighted by molar-refractivity contribution is -0.116. The number of carbonyl (C=O) groups is 1. The monoisotopic (exact) mass is 404 g/mol. The molecule has 1 aromatic carbocycles. The lowest BCUT2D eigenvalue weighted by Gasteiger charge is -2.17. The molecule has 0 saturated heterocycles. The molecule has 0 fully saturated rings. The molecule has 0 bridgehead atoms. The highest BCUT2D eigenvalue weighted by atomic mass is 35.5. The van der Waals surface area contributed by atoms with E-state index < -0.39 is 15.9 Å². The zero-order valence-electron chi connectivity index (χ0n) is 13.8. The van der Waals surface area contributed by atoms with Crippen LogP contribution < -0.4 is 14.8 Å². The van der Waals surface area contributed by atoms with E-state index in [1.165, 1.54) is 39.5 Å². The number of methoxy groups -OCH3 is 2. The molecule has 1 aromatic heterocycles. The highest BCUT2D eigenvalue weighted by Crippen LogP contribution is 2.35. The van der Waals surface area contributed by atoms with E-state index in [-0.39, 0.29) is 15.8 Å². The molecule has 1 N–H and O–H groups in total. The lowest BCUT2D eigenvalue weighted by Crippen LogP contribution is -2.34. The molecule has 0 aliphatic carbocycles. The topological polar surface area (TPSA) is 84.9 Å². The van der Waals surface area contributed by atoms with E-state index in [0.717, 1.165) is 15.6 Å². The average Bonchev–Trinajstić information content (AvgIpc) is 3.10. The van der Waals surface area contributed by atoms with Crippen LogP contribution in [0.3, 0.4) is 0 Å². The third kappa shape index (κ3) is 4.43. The maximum Gasteiger partial charge on any atom is 0.252 e. The first kappa shape index (κ1) is 19.5. The summed E-state index contributed by atoms with van der Waals surface area (Å²) in [5.74, 6) is 0.217. The number of carbonyl (C=O) groups excluding carboxylic acids is 1. The van der Waals surface area contributed by atoms with Gasteiger partial charge < -0.3 is 14.8 Å². The summed E-state index contributed by atoms with van der Waals surface area (Å²) >= 11 is 7.14. The van der Waals surface area contributed by atoms with Crippen molar-refractivity contribution >= 4 is 44.6 Å². The summed E-state index contributed by atoms with van der Waals surface area (Å²) in [4.78, 5) is 12.2. The number of hydrogen-bond acceptors (Lipinski definition) is 6. The molecule has 0 atom stereocenters. The predicted molar refractivity (Wildman–Crippen MR) is 97.3 cm³/mol. The zero-order valence-corrected chi connectivity index (χ0v) is 16.2. The van der Waals surface area contributed by atoms with Gasteiger partial charge in [0.15, 0.2) is 0 Å². The number of nitrogens with zero attached hydrogens (tertiary/aromatic N) is 1. The second-order valence-corrected chi connectivity index (χ2v) is 8.56. The molecular weight excluding hydrogens is 388 g/mol. The Balaban J connectivity index is 2.14. The van der Waals surface area contributed by atoms with Crippen LogP contribution in [-0.2, 0) is 14.8 Å². The minimum atomic E-state index is -3.70. The van der Waals surface area contributed by atoms with Gasteiger partial charge in [-0.2, -0.15) is 4.31 Å². The standard InChI is InChI=1S/C15H17ClN2O5S2/c1-18(25(20,21)15-5-4-6-24-15)9-14(19)17-11-7-10(16)12(22-2)8-13(11)23-3/h4-8H,9H2,1-3H3,(H,17,19). The second kappa shape index (κ2) is 8.05. The van der Waals surface area contributed by atoms with Gasteiger partial charge in [-0.25, -0.2) is 8.42 Å². The van der Waals surface area contributed by atoms with Crippen LogP contribution in [0, 0.1) is 0 Å². The Morgan fingerprint density at radius 3 is 2.52 bits per heavy atom. The van der Waals surface area contributed by atoms with E-state index in [9.17, 15) is 13.2 Å². The number of hydrogen-bond donors (Lipinski definition) is 1. The van der Waals surface area contributed by atoms with Crippen molar-refractivity contribution in [2.45, 2.75) is 4.21 Å². The quantitative estimate of drug-likeness (QED) is 0.766. The second-order valence-electron chi connectivity index (χ2n) is 4.93. The van der Waals surface area contributed by atoms with Crippen molar-refractivity contribution < 1.29 is 22.7 Å². The number of amides is 1. The van der Waals surface area contributed by atoms with Gasteiger partial charge in [-0.1, -0.05) is 17.7 Å². The van der Waals surface area contributed by atoms with Crippen LogP contribution in [-0.4, -0.2) is 46.4 Å². The maximum absolute atomic E-state index is 12.3. The third-order valence-corrected chi connectivity index (χ3v) is 6.75. The van der Waals surface area contributed by atoms with E-state index in [0.29, 0.717) is 17.2 Å². The molecule has 0 spiro atoms. The molecule has 2 rings (SSSR count). The number of nitrogens with one attached hydrogen (secondary N) is 1. The van der Waals surface area contributed by atoms with Gasteiger partial charge in [0.2, 0.25) is 5.91 Å². The summed E-state index contributed by atoms with van der Waals surface area (Å²) in [5.41, 5.74) is 0.320. The van der Waals surface area contributed by atoms with Gasteiger partial charge in [-0.05, 0) is 17.5 Å². The Hall–Kier alpha value is -1.81. The smallest absolute Gasteiger partial charge is 0.252 e. The molecular formula is C15H17ClN2O5S2. The summed E-state index contributed by atoms with van der Waals surface area (Å²) in [6.07, 6.45) is 0. The zero-order chi connectivity index (χ0) is 18.6. The number of likely N-dealkylation sites (N-methyl/N-ethyl adjacent to an activating group) is 1. The molecule has 10 heteroatoms. The fraction of sp³-hybridized carbons (Fsp3) is 0.267. The van der Waals surface area contributed by atoms with Crippen molar-refractivity contribution in [3.63, 3.8) is 0 Å². The van der Waals surface area contributed by atoms with Crippen LogP contribution in [0.25, 0.3) is 0 Å². The van der Waals surface area contributed by atoms with Crippen molar-refractivity contribution in [3.05, 3.63) is 34.7 Å². The van der Waals surface area contributed by atoms with Crippen LogP contribution in [0.15, 0.2) is 33.9 Å². The first-order valence-electron chi connectivity index (χ1n) is 7.00. The van der Waals surface area contributed by atoms with Crippen molar-refractivity contribution in [3.8, 4) is 11.5 Å². The van der Waals surface area contributed by atoms with Crippen LogP contribution in [0.4, 0.5) is 5.69 Å². The highest BCUT2D eigenvalue weighted by Gasteiger charge is 2.24. The molecule has 1 heterocycles. The molecule has 0 saturated carbocycles. The van der Waals surface area contributed by atoms with Gasteiger partial charge in [-0.3, -0.25) is 4.79 Å².